The molecule has 8 heteroatoms. The molecule has 2 aliphatic heterocycles. The van der Waals surface area contributed by atoms with Gasteiger partial charge in [0.05, 0.1) is 17.4 Å². The Morgan fingerprint density at radius 2 is 1.59 bits per heavy atom. The van der Waals surface area contributed by atoms with Crippen molar-refractivity contribution in [1.82, 2.24) is 4.90 Å². The zero-order valence-electron chi connectivity index (χ0n) is 18.3. The molecule has 2 heterocycles. The van der Waals surface area contributed by atoms with E-state index < -0.39 is 6.09 Å². The normalized spacial score (nSPS) is 19.0. The Balaban J connectivity index is 1.62. The van der Waals surface area contributed by atoms with E-state index in [0.717, 1.165) is 24.0 Å². The van der Waals surface area contributed by atoms with Crippen molar-refractivity contribution in [3.05, 3.63) is 48.0 Å². The summed E-state index contributed by atoms with van der Waals surface area (Å²) in [5.74, 6) is -0.130. The largest absolute Gasteiger partial charge is 0.465 e. The number of likely N-dealkylation sites (tertiary alicyclic amines) is 1. The summed E-state index contributed by atoms with van der Waals surface area (Å²) in [5.41, 5.74) is 9.29. The van der Waals surface area contributed by atoms with E-state index >= 15 is 0 Å². The second-order valence-corrected chi connectivity index (χ2v) is 8.54. The lowest BCUT2D eigenvalue weighted by Gasteiger charge is -2.39. The van der Waals surface area contributed by atoms with Gasteiger partial charge < -0.3 is 20.6 Å². The Morgan fingerprint density at radius 3 is 2.19 bits per heavy atom. The molecule has 1 saturated heterocycles. The summed E-state index contributed by atoms with van der Waals surface area (Å²) in [4.78, 5) is 41.5. The number of piperidine rings is 1. The molecular weight excluding hydrogens is 408 g/mol. The molecule has 4 rings (SSSR count). The van der Waals surface area contributed by atoms with Crippen molar-refractivity contribution in [2.45, 2.75) is 38.8 Å². The summed E-state index contributed by atoms with van der Waals surface area (Å²) in [7, 11) is 0. The minimum atomic E-state index is -1.05. The summed E-state index contributed by atoms with van der Waals surface area (Å²) in [6.45, 7) is 4.86. The van der Waals surface area contributed by atoms with Crippen molar-refractivity contribution in [2.75, 3.05) is 29.4 Å². The molecule has 0 spiro atoms. The van der Waals surface area contributed by atoms with Crippen LogP contribution in [-0.2, 0) is 4.79 Å². The summed E-state index contributed by atoms with van der Waals surface area (Å²) < 4.78 is 0. The minimum absolute atomic E-state index is 0.00275. The van der Waals surface area contributed by atoms with Gasteiger partial charge in [0.1, 0.15) is 0 Å². The first-order valence-electron chi connectivity index (χ1n) is 10.9. The van der Waals surface area contributed by atoms with Gasteiger partial charge in [0.2, 0.25) is 5.91 Å². The Hall–Kier alpha value is -3.39. The zero-order chi connectivity index (χ0) is 23.0. The number of nitrogens with two attached hydrogens (primary N) is 1. The molecule has 8 nitrogen and oxygen atoms in total. The van der Waals surface area contributed by atoms with Crippen LogP contribution < -0.4 is 15.5 Å². The van der Waals surface area contributed by atoms with E-state index in [-0.39, 0.29) is 30.4 Å². The number of benzene rings is 2. The summed E-state index contributed by atoms with van der Waals surface area (Å²) in [6, 6.07) is 12.7. The molecule has 0 unspecified atom stereocenters. The van der Waals surface area contributed by atoms with Gasteiger partial charge in [-0.25, -0.2) is 4.79 Å². The first-order chi connectivity index (χ1) is 15.3. The van der Waals surface area contributed by atoms with Crippen LogP contribution in [0.3, 0.4) is 0 Å². The molecule has 168 valence electrons. The third kappa shape index (κ3) is 4.05. The fourth-order valence-corrected chi connectivity index (χ4v) is 4.56. The van der Waals surface area contributed by atoms with Crippen LogP contribution in [0.25, 0.3) is 11.1 Å². The van der Waals surface area contributed by atoms with E-state index in [2.05, 4.69) is 0 Å². The van der Waals surface area contributed by atoms with Crippen molar-refractivity contribution in [1.29, 1.82) is 0 Å². The first kappa shape index (κ1) is 21.8. The van der Waals surface area contributed by atoms with Crippen LogP contribution >= 0.6 is 0 Å². The Bertz CT molecular complexity index is 1040. The molecule has 32 heavy (non-hydrogen) atoms. The highest BCUT2D eigenvalue weighted by Gasteiger charge is 2.33. The fourth-order valence-electron chi connectivity index (χ4n) is 4.56. The van der Waals surface area contributed by atoms with Gasteiger partial charge in [0, 0.05) is 38.2 Å². The van der Waals surface area contributed by atoms with E-state index in [1.165, 1.54) is 11.8 Å². The first-order valence-corrected chi connectivity index (χ1v) is 10.9. The predicted molar refractivity (Wildman–Crippen MR) is 123 cm³/mol. The number of hydrogen-bond acceptors (Lipinski definition) is 4. The second kappa shape index (κ2) is 8.63. The lowest BCUT2D eigenvalue weighted by molar-refractivity contribution is -0.117. The summed E-state index contributed by atoms with van der Waals surface area (Å²) in [6.07, 6.45) is 0.574. The Kier molecular flexibility index (Phi) is 5.88. The maximum absolute atomic E-state index is 12.8. The van der Waals surface area contributed by atoms with Crippen LogP contribution in [0.15, 0.2) is 42.5 Å². The number of rotatable bonds is 2. The average molecular weight is 437 g/mol. The number of anilines is 2. The van der Waals surface area contributed by atoms with E-state index in [4.69, 9.17) is 5.73 Å². The topological polar surface area (TPSA) is 107 Å². The average Bonchev–Trinajstić information content (AvgIpc) is 2.78. The van der Waals surface area contributed by atoms with Gasteiger partial charge >= 0.3 is 6.09 Å². The number of nitrogens with zero attached hydrogens (tertiary/aromatic N) is 3. The van der Waals surface area contributed by atoms with Crippen LogP contribution in [0.4, 0.5) is 16.2 Å². The molecule has 3 amide bonds. The molecule has 2 aromatic carbocycles. The number of carboxylic acid groups (broad SMARTS) is 1. The number of amides is 3. The lowest BCUT2D eigenvalue weighted by Crippen LogP contribution is -2.51. The van der Waals surface area contributed by atoms with Gasteiger partial charge in [0.25, 0.3) is 5.91 Å². The Labute approximate surface area is 187 Å². The maximum Gasteiger partial charge on any atom is 0.411 e. The molecule has 3 N–H and O–H groups in total. The number of hydrogen-bond donors (Lipinski definition) is 2. The fraction of sp³-hybridized carbons (Fsp3) is 0.375. The number of carbonyl (C=O) groups is 3. The maximum atomic E-state index is 12.8. The van der Waals surface area contributed by atoms with Crippen LogP contribution in [0, 0.1) is 0 Å². The van der Waals surface area contributed by atoms with Gasteiger partial charge in [-0.3, -0.25) is 14.5 Å². The van der Waals surface area contributed by atoms with Crippen molar-refractivity contribution >= 4 is 29.3 Å². The minimum Gasteiger partial charge on any atom is -0.465 e. The van der Waals surface area contributed by atoms with Gasteiger partial charge in [-0.15, -0.1) is 0 Å². The van der Waals surface area contributed by atoms with Crippen LogP contribution in [0.2, 0.25) is 0 Å². The van der Waals surface area contributed by atoms with E-state index in [0.29, 0.717) is 30.0 Å². The molecule has 0 saturated carbocycles. The smallest absolute Gasteiger partial charge is 0.411 e. The number of fused-ring (bicyclic) bond motifs is 1. The standard InChI is InChI=1S/C24H28N4O4/c1-15-14-27(24(31)32)22-13-19(7-8-21(22)28(15)16(2)29)17-3-5-18(6-4-17)23(30)26-11-9-20(25)10-12-26/h3-8,13,15,20H,9-12,14,25H2,1-2H3,(H,31,32)/t15-/m0/s1. The highest BCUT2D eigenvalue weighted by atomic mass is 16.4. The monoisotopic (exact) mass is 436 g/mol. The molecule has 0 aliphatic carbocycles. The third-order valence-corrected chi connectivity index (χ3v) is 6.28. The van der Waals surface area contributed by atoms with Crippen molar-refractivity contribution < 1.29 is 19.5 Å². The van der Waals surface area contributed by atoms with Gasteiger partial charge in [-0.2, -0.15) is 0 Å². The second-order valence-electron chi connectivity index (χ2n) is 8.54. The SMILES string of the molecule is CC(=O)N1c2ccc(-c3ccc(C(=O)N4CCC(N)CC4)cc3)cc2N(C(=O)O)C[C@@H]1C. The summed E-state index contributed by atoms with van der Waals surface area (Å²) in [5, 5.41) is 9.70. The molecule has 1 atom stereocenters. The van der Waals surface area contributed by atoms with Crippen molar-refractivity contribution in [3.8, 4) is 11.1 Å². The van der Waals surface area contributed by atoms with Crippen molar-refractivity contribution in [2.24, 2.45) is 5.73 Å². The number of carbonyl (C=O) groups excluding carboxylic acids is 2. The zero-order valence-corrected chi connectivity index (χ0v) is 18.3. The molecule has 2 aliphatic rings. The quantitative estimate of drug-likeness (QED) is 0.752. The van der Waals surface area contributed by atoms with Gasteiger partial charge in [-0.1, -0.05) is 18.2 Å². The van der Waals surface area contributed by atoms with Crippen LogP contribution in [0.1, 0.15) is 37.0 Å². The van der Waals surface area contributed by atoms with Gasteiger partial charge in [0.15, 0.2) is 0 Å². The van der Waals surface area contributed by atoms with E-state index in [1.54, 1.807) is 29.2 Å². The Morgan fingerprint density at radius 1 is 0.969 bits per heavy atom. The lowest BCUT2D eigenvalue weighted by atomic mass is 9.99. The van der Waals surface area contributed by atoms with E-state index in [9.17, 15) is 19.5 Å². The molecule has 1 fully saturated rings. The van der Waals surface area contributed by atoms with E-state index in [1.807, 2.05) is 30.0 Å². The van der Waals surface area contributed by atoms with Crippen LogP contribution in [-0.4, -0.2) is 59.6 Å². The molecule has 0 bridgehead atoms. The third-order valence-electron chi connectivity index (χ3n) is 6.28. The highest BCUT2D eigenvalue weighted by Crippen LogP contribution is 2.39. The van der Waals surface area contributed by atoms with Gasteiger partial charge in [-0.05, 0) is 55.2 Å². The molecule has 0 aromatic heterocycles. The molecular formula is C24H28N4O4. The van der Waals surface area contributed by atoms with Crippen LogP contribution in [0.5, 0.6) is 0 Å². The summed E-state index contributed by atoms with van der Waals surface area (Å²) >= 11 is 0. The van der Waals surface area contributed by atoms with Crippen molar-refractivity contribution in [3.63, 3.8) is 0 Å². The molecule has 0 radical (unpaired) electrons. The predicted octanol–water partition coefficient (Wildman–Crippen LogP) is 3.16. The highest BCUT2D eigenvalue weighted by molar-refractivity contribution is 6.03. The molecule has 2 aromatic rings.